The minimum atomic E-state index is -3.80. The van der Waals surface area contributed by atoms with E-state index in [2.05, 4.69) is 20.0 Å². The molecule has 0 aliphatic heterocycles. The van der Waals surface area contributed by atoms with Crippen molar-refractivity contribution in [2.24, 2.45) is 0 Å². The molecule has 31 heavy (non-hydrogen) atoms. The summed E-state index contributed by atoms with van der Waals surface area (Å²) in [5.41, 5.74) is 2.26. The summed E-state index contributed by atoms with van der Waals surface area (Å²) in [7, 11) is -3.80. The molecule has 1 amide bonds. The van der Waals surface area contributed by atoms with E-state index in [1.807, 2.05) is 17.5 Å². The molecule has 0 fully saturated rings. The molecule has 0 bridgehead atoms. The summed E-state index contributed by atoms with van der Waals surface area (Å²) in [4.78, 5) is 21.0. The van der Waals surface area contributed by atoms with Crippen molar-refractivity contribution in [2.75, 3.05) is 10.0 Å². The van der Waals surface area contributed by atoms with Gasteiger partial charge < -0.3 is 0 Å². The number of benzene rings is 2. The van der Waals surface area contributed by atoms with Crippen molar-refractivity contribution >= 4 is 49.7 Å². The Morgan fingerprint density at radius 1 is 1.00 bits per heavy atom. The molecule has 0 saturated heterocycles. The lowest BCUT2D eigenvalue weighted by Crippen LogP contribution is -2.14. The number of hydrogen-bond donors (Lipinski definition) is 2. The summed E-state index contributed by atoms with van der Waals surface area (Å²) >= 11 is 7.11. The number of carbonyl (C=O) groups excluding carboxylic acids is 1. The van der Waals surface area contributed by atoms with E-state index in [1.54, 1.807) is 36.7 Å². The van der Waals surface area contributed by atoms with Gasteiger partial charge in [-0.15, -0.1) is 11.3 Å². The van der Waals surface area contributed by atoms with Gasteiger partial charge in [0.15, 0.2) is 5.13 Å². The first-order valence-corrected chi connectivity index (χ1v) is 11.7. The van der Waals surface area contributed by atoms with Crippen LogP contribution < -0.4 is 10.0 Å². The Balaban J connectivity index is 1.44. The lowest BCUT2D eigenvalue weighted by Gasteiger charge is -2.09. The minimum Gasteiger partial charge on any atom is -0.298 e. The maximum atomic E-state index is 12.5. The number of sulfonamides is 1. The second-order valence-electron chi connectivity index (χ2n) is 6.37. The van der Waals surface area contributed by atoms with Gasteiger partial charge in [0.2, 0.25) is 0 Å². The molecule has 4 rings (SSSR count). The van der Waals surface area contributed by atoms with E-state index in [1.165, 1.54) is 35.6 Å². The van der Waals surface area contributed by atoms with Gasteiger partial charge in [-0.3, -0.25) is 19.8 Å². The molecule has 0 unspecified atom stereocenters. The van der Waals surface area contributed by atoms with E-state index < -0.39 is 10.0 Å². The number of thiazole rings is 1. The molecule has 2 aromatic heterocycles. The molecule has 0 radical (unpaired) electrons. The van der Waals surface area contributed by atoms with Gasteiger partial charge >= 0.3 is 0 Å². The summed E-state index contributed by atoms with van der Waals surface area (Å²) in [6.07, 6.45) is 3.37. The highest BCUT2D eigenvalue weighted by Crippen LogP contribution is 2.25. The third-order valence-corrected chi connectivity index (χ3v) is 6.61. The van der Waals surface area contributed by atoms with Gasteiger partial charge in [0.1, 0.15) is 0 Å². The van der Waals surface area contributed by atoms with Gasteiger partial charge in [-0.2, -0.15) is 0 Å². The molecule has 7 nitrogen and oxygen atoms in total. The zero-order chi connectivity index (χ0) is 21.8. The maximum absolute atomic E-state index is 12.5. The van der Waals surface area contributed by atoms with Crippen molar-refractivity contribution in [1.82, 2.24) is 9.97 Å². The van der Waals surface area contributed by atoms with E-state index in [0.29, 0.717) is 27.1 Å². The van der Waals surface area contributed by atoms with E-state index in [0.717, 1.165) is 5.56 Å². The SMILES string of the molecule is O=C(Nc1nc(-c2cccnc2)cs1)c1ccc(S(=O)(=O)Nc2ccc(Cl)cc2)cc1. The van der Waals surface area contributed by atoms with Crippen LogP contribution in [0.5, 0.6) is 0 Å². The summed E-state index contributed by atoms with van der Waals surface area (Å²) in [6.45, 7) is 0. The maximum Gasteiger partial charge on any atom is 0.261 e. The molecular formula is C21H15ClN4O3S2. The zero-order valence-corrected chi connectivity index (χ0v) is 18.2. The highest BCUT2D eigenvalue weighted by atomic mass is 35.5. The molecular weight excluding hydrogens is 456 g/mol. The Labute approximate surface area is 187 Å². The number of nitrogens with zero attached hydrogens (tertiary/aromatic N) is 2. The summed E-state index contributed by atoms with van der Waals surface area (Å²) < 4.78 is 27.5. The van der Waals surface area contributed by atoms with Crippen LogP contribution in [0.2, 0.25) is 5.02 Å². The molecule has 10 heteroatoms. The Hall–Kier alpha value is -3.27. The first-order valence-electron chi connectivity index (χ1n) is 8.96. The fraction of sp³-hybridized carbons (Fsp3) is 0. The number of rotatable bonds is 6. The quantitative estimate of drug-likeness (QED) is 0.417. The van der Waals surface area contributed by atoms with Crippen molar-refractivity contribution in [3.8, 4) is 11.3 Å². The van der Waals surface area contributed by atoms with E-state index in [9.17, 15) is 13.2 Å². The lowest BCUT2D eigenvalue weighted by molar-refractivity contribution is 0.102. The van der Waals surface area contributed by atoms with Crippen LogP contribution in [-0.4, -0.2) is 24.3 Å². The van der Waals surface area contributed by atoms with Crippen LogP contribution in [0.25, 0.3) is 11.3 Å². The van der Waals surface area contributed by atoms with Crippen LogP contribution in [-0.2, 0) is 10.0 Å². The topological polar surface area (TPSA) is 101 Å². The van der Waals surface area contributed by atoms with E-state index >= 15 is 0 Å². The number of carbonyl (C=O) groups is 1. The Morgan fingerprint density at radius 3 is 2.42 bits per heavy atom. The van der Waals surface area contributed by atoms with E-state index in [4.69, 9.17) is 11.6 Å². The molecule has 156 valence electrons. The predicted molar refractivity (Wildman–Crippen MR) is 122 cm³/mol. The number of amides is 1. The van der Waals surface area contributed by atoms with Gasteiger partial charge in [-0.05, 0) is 60.7 Å². The molecule has 0 aliphatic rings. The Bertz CT molecular complexity index is 1310. The fourth-order valence-corrected chi connectivity index (χ4v) is 4.56. The van der Waals surface area contributed by atoms with Gasteiger partial charge in [0.25, 0.3) is 15.9 Å². The van der Waals surface area contributed by atoms with Crippen LogP contribution in [0.1, 0.15) is 10.4 Å². The molecule has 0 spiro atoms. The average Bonchev–Trinajstić information content (AvgIpc) is 3.24. The van der Waals surface area contributed by atoms with Gasteiger partial charge in [0.05, 0.1) is 10.6 Å². The normalized spacial score (nSPS) is 11.1. The summed E-state index contributed by atoms with van der Waals surface area (Å²) in [5, 5.41) is 5.49. The third kappa shape index (κ3) is 5.08. The number of hydrogen-bond acceptors (Lipinski definition) is 6. The van der Waals surface area contributed by atoms with Crippen molar-refractivity contribution in [1.29, 1.82) is 0 Å². The Morgan fingerprint density at radius 2 is 1.74 bits per heavy atom. The number of halogens is 1. The van der Waals surface area contributed by atoms with Crippen LogP contribution in [0.4, 0.5) is 10.8 Å². The van der Waals surface area contributed by atoms with Gasteiger partial charge in [-0.25, -0.2) is 13.4 Å². The van der Waals surface area contributed by atoms with Gasteiger partial charge in [0, 0.05) is 39.6 Å². The van der Waals surface area contributed by atoms with Crippen molar-refractivity contribution in [3.63, 3.8) is 0 Å². The largest absolute Gasteiger partial charge is 0.298 e. The smallest absolute Gasteiger partial charge is 0.261 e. The summed E-state index contributed by atoms with van der Waals surface area (Å²) in [6, 6.07) is 15.6. The molecule has 0 atom stereocenters. The van der Waals surface area contributed by atoms with Crippen LogP contribution in [0.15, 0.2) is 83.3 Å². The lowest BCUT2D eigenvalue weighted by atomic mass is 10.2. The third-order valence-electron chi connectivity index (χ3n) is 4.21. The van der Waals surface area contributed by atoms with Crippen molar-refractivity contribution in [2.45, 2.75) is 4.90 Å². The standard InChI is InChI=1S/C21H15ClN4O3S2/c22-16-5-7-17(8-6-16)26-31(28,29)18-9-3-14(4-10-18)20(27)25-21-24-19(13-30-21)15-2-1-11-23-12-15/h1-13,26H,(H,24,25,27). The van der Waals surface area contributed by atoms with Crippen LogP contribution >= 0.6 is 22.9 Å². The van der Waals surface area contributed by atoms with Gasteiger partial charge in [-0.1, -0.05) is 11.6 Å². The second-order valence-corrected chi connectivity index (χ2v) is 9.35. The summed E-state index contributed by atoms with van der Waals surface area (Å²) in [5.74, 6) is -0.387. The number of pyridine rings is 1. The number of anilines is 2. The molecule has 0 saturated carbocycles. The molecule has 4 aromatic rings. The minimum absolute atomic E-state index is 0.0344. The van der Waals surface area contributed by atoms with Crippen molar-refractivity contribution < 1.29 is 13.2 Å². The second kappa shape index (κ2) is 8.84. The molecule has 2 N–H and O–H groups in total. The molecule has 2 aromatic carbocycles. The first kappa shape index (κ1) is 21.0. The van der Waals surface area contributed by atoms with Crippen LogP contribution in [0, 0.1) is 0 Å². The predicted octanol–water partition coefficient (Wildman–Crippen LogP) is 4.91. The zero-order valence-electron chi connectivity index (χ0n) is 15.8. The number of aromatic nitrogens is 2. The molecule has 2 heterocycles. The average molecular weight is 471 g/mol. The Kier molecular flexibility index (Phi) is 5.99. The molecule has 0 aliphatic carbocycles. The highest BCUT2D eigenvalue weighted by Gasteiger charge is 2.16. The van der Waals surface area contributed by atoms with E-state index in [-0.39, 0.29) is 10.8 Å². The highest BCUT2D eigenvalue weighted by molar-refractivity contribution is 7.92. The number of nitrogens with one attached hydrogen (secondary N) is 2. The fourth-order valence-electron chi connectivity index (χ4n) is 2.66. The first-order chi connectivity index (χ1) is 14.9. The monoisotopic (exact) mass is 470 g/mol. The van der Waals surface area contributed by atoms with Crippen LogP contribution in [0.3, 0.4) is 0 Å². The van der Waals surface area contributed by atoms with Crippen molar-refractivity contribution in [3.05, 3.63) is 89.0 Å².